The van der Waals surface area contributed by atoms with Gasteiger partial charge in [-0.05, 0) is 50.1 Å². The quantitative estimate of drug-likeness (QED) is 0.768. The van der Waals surface area contributed by atoms with Crippen LogP contribution in [0.1, 0.15) is 18.4 Å². The summed E-state index contributed by atoms with van der Waals surface area (Å²) in [6.45, 7) is 3.12. The van der Waals surface area contributed by atoms with Gasteiger partial charge in [0.15, 0.2) is 0 Å². The van der Waals surface area contributed by atoms with Gasteiger partial charge >= 0.3 is 0 Å². The molecule has 0 bridgehead atoms. The van der Waals surface area contributed by atoms with E-state index in [1.807, 2.05) is 13.0 Å². The van der Waals surface area contributed by atoms with E-state index in [1.54, 1.807) is 7.11 Å². The van der Waals surface area contributed by atoms with Crippen LogP contribution in [0.25, 0.3) is 0 Å². The SMILES string of the molecule is COCC(CCCN)Nc1cc(C)cc(F)c1. The van der Waals surface area contributed by atoms with Gasteiger partial charge in [-0.15, -0.1) is 0 Å². The van der Waals surface area contributed by atoms with Gasteiger partial charge in [0.1, 0.15) is 5.82 Å². The van der Waals surface area contributed by atoms with Crippen molar-refractivity contribution in [3.8, 4) is 0 Å². The Balaban J connectivity index is 2.63. The zero-order valence-electron chi connectivity index (χ0n) is 10.5. The van der Waals surface area contributed by atoms with E-state index in [4.69, 9.17) is 10.5 Å². The molecule has 96 valence electrons. The summed E-state index contributed by atoms with van der Waals surface area (Å²) in [7, 11) is 1.66. The standard InChI is InChI=1S/C13H21FN2O/c1-10-6-11(14)8-13(7-10)16-12(9-17-2)4-3-5-15/h6-8,12,16H,3-5,9,15H2,1-2H3. The fourth-order valence-electron chi connectivity index (χ4n) is 1.82. The average molecular weight is 240 g/mol. The van der Waals surface area contributed by atoms with Crippen molar-refractivity contribution in [1.29, 1.82) is 0 Å². The van der Waals surface area contributed by atoms with Gasteiger partial charge in [-0.25, -0.2) is 4.39 Å². The minimum absolute atomic E-state index is 0.171. The maximum Gasteiger partial charge on any atom is 0.125 e. The number of nitrogens with one attached hydrogen (secondary N) is 1. The number of benzene rings is 1. The molecular formula is C13H21FN2O. The summed E-state index contributed by atoms with van der Waals surface area (Å²) in [5.74, 6) is -0.220. The van der Waals surface area contributed by atoms with Crippen molar-refractivity contribution in [2.45, 2.75) is 25.8 Å². The van der Waals surface area contributed by atoms with Gasteiger partial charge in [0.05, 0.1) is 6.61 Å². The third-order valence-corrected chi connectivity index (χ3v) is 2.54. The van der Waals surface area contributed by atoms with Crippen molar-refractivity contribution >= 4 is 5.69 Å². The molecule has 0 radical (unpaired) electrons. The van der Waals surface area contributed by atoms with Crippen LogP contribution < -0.4 is 11.1 Å². The van der Waals surface area contributed by atoms with Gasteiger partial charge in [-0.3, -0.25) is 0 Å². The third kappa shape index (κ3) is 5.15. The molecule has 0 saturated carbocycles. The van der Waals surface area contributed by atoms with Gasteiger partial charge in [0.2, 0.25) is 0 Å². The Hall–Kier alpha value is -1.13. The molecule has 0 spiro atoms. The zero-order chi connectivity index (χ0) is 12.7. The van der Waals surface area contributed by atoms with E-state index in [0.717, 1.165) is 24.1 Å². The fraction of sp³-hybridized carbons (Fsp3) is 0.538. The number of rotatable bonds is 7. The molecule has 4 heteroatoms. The first-order valence-corrected chi connectivity index (χ1v) is 5.88. The van der Waals surface area contributed by atoms with Crippen LogP contribution >= 0.6 is 0 Å². The molecule has 0 aromatic heterocycles. The minimum Gasteiger partial charge on any atom is -0.383 e. The first-order chi connectivity index (χ1) is 8.15. The van der Waals surface area contributed by atoms with E-state index in [0.29, 0.717) is 13.2 Å². The van der Waals surface area contributed by atoms with E-state index >= 15 is 0 Å². The second-order valence-corrected chi connectivity index (χ2v) is 4.24. The number of ether oxygens (including phenoxy) is 1. The van der Waals surface area contributed by atoms with E-state index in [9.17, 15) is 4.39 Å². The van der Waals surface area contributed by atoms with E-state index < -0.39 is 0 Å². The number of nitrogens with two attached hydrogens (primary N) is 1. The first-order valence-electron chi connectivity index (χ1n) is 5.88. The summed E-state index contributed by atoms with van der Waals surface area (Å²) in [5, 5.41) is 3.28. The highest BCUT2D eigenvalue weighted by atomic mass is 19.1. The summed E-state index contributed by atoms with van der Waals surface area (Å²) >= 11 is 0. The molecule has 0 saturated heterocycles. The maximum absolute atomic E-state index is 13.2. The zero-order valence-corrected chi connectivity index (χ0v) is 10.5. The lowest BCUT2D eigenvalue weighted by atomic mass is 10.1. The van der Waals surface area contributed by atoms with Crippen LogP contribution in [-0.2, 0) is 4.74 Å². The van der Waals surface area contributed by atoms with Crippen LogP contribution in [-0.4, -0.2) is 26.3 Å². The van der Waals surface area contributed by atoms with Crippen molar-refractivity contribution < 1.29 is 9.13 Å². The summed E-state index contributed by atoms with van der Waals surface area (Å²) in [6.07, 6.45) is 1.84. The Labute approximate surface area is 102 Å². The molecule has 0 amide bonds. The van der Waals surface area contributed by atoms with E-state index in [-0.39, 0.29) is 11.9 Å². The van der Waals surface area contributed by atoms with E-state index in [1.165, 1.54) is 12.1 Å². The lowest BCUT2D eigenvalue weighted by Crippen LogP contribution is -2.25. The second-order valence-electron chi connectivity index (χ2n) is 4.24. The Bertz CT molecular complexity index is 324. The molecule has 1 aromatic carbocycles. The molecule has 3 nitrogen and oxygen atoms in total. The lowest BCUT2D eigenvalue weighted by Gasteiger charge is -2.19. The normalized spacial score (nSPS) is 12.5. The van der Waals surface area contributed by atoms with Crippen LogP contribution in [0.4, 0.5) is 10.1 Å². The van der Waals surface area contributed by atoms with E-state index in [2.05, 4.69) is 5.32 Å². The molecule has 1 atom stereocenters. The Kier molecular flexibility index (Phi) is 5.94. The topological polar surface area (TPSA) is 47.3 Å². The van der Waals surface area contributed by atoms with Crippen molar-refractivity contribution in [2.24, 2.45) is 5.73 Å². The fourth-order valence-corrected chi connectivity index (χ4v) is 1.82. The number of anilines is 1. The highest BCUT2D eigenvalue weighted by Crippen LogP contribution is 2.15. The minimum atomic E-state index is -0.220. The smallest absolute Gasteiger partial charge is 0.125 e. The highest BCUT2D eigenvalue weighted by molar-refractivity contribution is 5.46. The van der Waals surface area contributed by atoms with Crippen LogP contribution in [0.5, 0.6) is 0 Å². The summed E-state index contributed by atoms with van der Waals surface area (Å²) in [6, 6.07) is 5.10. The number of hydrogen-bond donors (Lipinski definition) is 2. The summed E-state index contributed by atoms with van der Waals surface area (Å²) in [4.78, 5) is 0. The molecule has 3 N–H and O–H groups in total. The molecule has 1 aromatic rings. The molecule has 0 aliphatic rings. The predicted molar refractivity (Wildman–Crippen MR) is 68.7 cm³/mol. The Morgan fingerprint density at radius 2 is 2.18 bits per heavy atom. The first kappa shape index (κ1) is 13.9. The van der Waals surface area contributed by atoms with Crippen LogP contribution in [0.15, 0.2) is 18.2 Å². The monoisotopic (exact) mass is 240 g/mol. The van der Waals surface area contributed by atoms with Crippen molar-refractivity contribution in [1.82, 2.24) is 0 Å². The molecule has 0 aliphatic carbocycles. The van der Waals surface area contributed by atoms with Crippen molar-refractivity contribution in [3.05, 3.63) is 29.6 Å². The Morgan fingerprint density at radius 1 is 1.41 bits per heavy atom. The third-order valence-electron chi connectivity index (χ3n) is 2.54. The van der Waals surface area contributed by atoms with Gasteiger partial charge in [0, 0.05) is 18.8 Å². The van der Waals surface area contributed by atoms with Gasteiger partial charge < -0.3 is 15.8 Å². The average Bonchev–Trinajstić information content (AvgIpc) is 2.24. The molecule has 1 rings (SSSR count). The summed E-state index contributed by atoms with van der Waals surface area (Å²) in [5.41, 5.74) is 7.18. The molecule has 0 fully saturated rings. The van der Waals surface area contributed by atoms with Gasteiger partial charge in [0.25, 0.3) is 0 Å². The molecule has 1 unspecified atom stereocenters. The van der Waals surface area contributed by atoms with Gasteiger partial charge in [-0.2, -0.15) is 0 Å². The molecule has 0 aliphatic heterocycles. The highest BCUT2D eigenvalue weighted by Gasteiger charge is 2.08. The van der Waals surface area contributed by atoms with Gasteiger partial charge in [-0.1, -0.05) is 0 Å². The number of aryl methyl sites for hydroxylation is 1. The van der Waals surface area contributed by atoms with Crippen LogP contribution in [0.3, 0.4) is 0 Å². The number of methoxy groups -OCH3 is 1. The number of hydrogen-bond acceptors (Lipinski definition) is 3. The largest absolute Gasteiger partial charge is 0.383 e. The summed E-state index contributed by atoms with van der Waals surface area (Å²) < 4.78 is 18.4. The molecule has 0 heterocycles. The molecular weight excluding hydrogens is 219 g/mol. The second kappa shape index (κ2) is 7.25. The maximum atomic E-state index is 13.2. The molecule has 17 heavy (non-hydrogen) atoms. The predicted octanol–water partition coefficient (Wildman–Crippen LogP) is 2.30. The van der Waals surface area contributed by atoms with Crippen molar-refractivity contribution in [2.75, 3.05) is 25.6 Å². The Morgan fingerprint density at radius 3 is 2.76 bits per heavy atom. The van der Waals surface area contributed by atoms with Crippen LogP contribution in [0.2, 0.25) is 0 Å². The number of halogens is 1. The van der Waals surface area contributed by atoms with Crippen LogP contribution in [0, 0.1) is 12.7 Å². The van der Waals surface area contributed by atoms with Crippen molar-refractivity contribution in [3.63, 3.8) is 0 Å². The lowest BCUT2D eigenvalue weighted by molar-refractivity contribution is 0.182.